The van der Waals surface area contributed by atoms with Crippen molar-refractivity contribution in [2.75, 3.05) is 19.7 Å². The molecular formula is C20H20N4O2. The van der Waals surface area contributed by atoms with Crippen molar-refractivity contribution < 1.29 is 9.53 Å². The van der Waals surface area contributed by atoms with Crippen molar-refractivity contribution in [2.45, 2.75) is 20.0 Å². The molecule has 6 heteroatoms. The number of ether oxygens (including phenoxy) is 1. The van der Waals surface area contributed by atoms with E-state index in [4.69, 9.17) is 4.74 Å². The molecule has 3 heterocycles. The summed E-state index contributed by atoms with van der Waals surface area (Å²) in [6.45, 7) is 5.32. The summed E-state index contributed by atoms with van der Waals surface area (Å²) in [6, 6.07) is 11.6. The highest BCUT2D eigenvalue weighted by Gasteiger charge is 2.28. The fourth-order valence-corrected chi connectivity index (χ4v) is 3.26. The number of morpholine rings is 1. The number of aromatic nitrogens is 3. The maximum atomic E-state index is 12.9. The molecule has 1 unspecified atom stereocenters. The van der Waals surface area contributed by atoms with Gasteiger partial charge in [0.1, 0.15) is 6.10 Å². The van der Waals surface area contributed by atoms with E-state index in [0.717, 1.165) is 22.3 Å². The lowest BCUT2D eigenvalue weighted by molar-refractivity contribution is -0.0269. The average molecular weight is 348 g/mol. The van der Waals surface area contributed by atoms with Crippen LogP contribution in [0.5, 0.6) is 0 Å². The van der Waals surface area contributed by atoms with Crippen LogP contribution in [0.2, 0.25) is 0 Å². The first kappa shape index (κ1) is 16.6. The van der Waals surface area contributed by atoms with E-state index in [9.17, 15) is 4.79 Å². The topological polar surface area (TPSA) is 68.2 Å². The van der Waals surface area contributed by atoms with Crippen molar-refractivity contribution in [3.05, 3.63) is 65.4 Å². The van der Waals surface area contributed by atoms with Crippen LogP contribution in [0, 0.1) is 13.8 Å². The maximum Gasteiger partial charge on any atom is 0.255 e. The van der Waals surface area contributed by atoms with E-state index < -0.39 is 0 Å². The zero-order valence-electron chi connectivity index (χ0n) is 14.8. The minimum absolute atomic E-state index is 0.0408. The summed E-state index contributed by atoms with van der Waals surface area (Å²) in [5.41, 5.74) is 3.27. The Bertz CT molecular complexity index is 953. The Labute approximate surface area is 151 Å². The van der Waals surface area contributed by atoms with Gasteiger partial charge in [0.25, 0.3) is 5.91 Å². The molecule has 132 valence electrons. The van der Waals surface area contributed by atoms with Crippen molar-refractivity contribution in [1.82, 2.24) is 19.9 Å². The van der Waals surface area contributed by atoms with Gasteiger partial charge in [0, 0.05) is 29.5 Å². The Morgan fingerprint density at radius 1 is 1.15 bits per heavy atom. The van der Waals surface area contributed by atoms with E-state index in [1.54, 1.807) is 11.1 Å². The molecule has 1 aliphatic rings. The zero-order valence-corrected chi connectivity index (χ0v) is 14.8. The van der Waals surface area contributed by atoms with Crippen LogP contribution in [0.15, 0.2) is 42.6 Å². The number of para-hydroxylation sites is 1. The third-order valence-electron chi connectivity index (χ3n) is 4.48. The number of carbonyl (C=O) groups is 1. The van der Waals surface area contributed by atoms with E-state index in [1.165, 1.54) is 0 Å². The van der Waals surface area contributed by atoms with E-state index in [2.05, 4.69) is 15.0 Å². The predicted molar refractivity (Wildman–Crippen MR) is 97.8 cm³/mol. The molecule has 1 fully saturated rings. The Kier molecular flexibility index (Phi) is 4.34. The van der Waals surface area contributed by atoms with Crippen LogP contribution in [0.3, 0.4) is 0 Å². The Morgan fingerprint density at radius 2 is 1.92 bits per heavy atom. The highest BCUT2D eigenvalue weighted by molar-refractivity contribution is 5.97. The second-order valence-corrected chi connectivity index (χ2v) is 6.54. The van der Waals surface area contributed by atoms with Crippen molar-refractivity contribution in [1.29, 1.82) is 0 Å². The van der Waals surface area contributed by atoms with Crippen LogP contribution < -0.4 is 0 Å². The van der Waals surface area contributed by atoms with Crippen LogP contribution >= 0.6 is 0 Å². The van der Waals surface area contributed by atoms with E-state index in [0.29, 0.717) is 31.1 Å². The van der Waals surface area contributed by atoms with Gasteiger partial charge in [-0.1, -0.05) is 18.2 Å². The minimum Gasteiger partial charge on any atom is -0.367 e. The number of benzene rings is 1. The third-order valence-corrected chi connectivity index (χ3v) is 4.48. The molecule has 1 amide bonds. The van der Waals surface area contributed by atoms with Gasteiger partial charge in [-0.3, -0.25) is 9.78 Å². The van der Waals surface area contributed by atoms with Gasteiger partial charge in [-0.15, -0.1) is 0 Å². The highest BCUT2D eigenvalue weighted by Crippen LogP contribution is 2.22. The molecule has 2 aromatic heterocycles. The van der Waals surface area contributed by atoms with Gasteiger partial charge in [0.05, 0.1) is 24.2 Å². The fraction of sp³-hybridized carbons (Fsp3) is 0.300. The summed E-state index contributed by atoms with van der Waals surface area (Å²) in [7, 11) is 0. The van der Waals surface area contributed by atoms with Gasteiger partial charge >= 0.3 is 0 Å². The molecule has 0 saturated carbocycles. The van der Waals surface area contributed by atoms with Crippen LogP contribution in [0.4, 0.5) is 0 Å². The van der Waals surface area contributed by atoms with Crippen molar-refractivity contribution in [3.8, 4) is 0 Å². The highest BCUT2D eigenvalue weighted by atomic mass is 16.5. The lowest BCUT2D eigenvalue weighted by Gasteiger charge is -2.32. The smallest absolute Gasteiger partial charge is 0.255 e. The first-order chi connectivity index (χ1) is 12.6. The maximum absolute atomic E-state index is 12.9. The van der Waals surface area contributed by atoms with Crippen LogP contribution in [-0.4, -0.2) is 45.5 Å². The molecule has 4 rings (SSSR count). The molecule has 1 atom stereocenters. The van der Waals surface area contributed by atoms with Gasteiger partial charge in [-0.2, -0.15) is 0 Å². The van der Waals surface area contributed by atoms with Crippen LogP contribution in [0.25, 0.3) is 10.9 Å². The second kappa shape index (κ2) is 6.80. The Hall–Kier alpha value is -2.86. The standard InChI is InChI=1S/C20H20N4O2/c1-13-9-14(2)23-19(22-13)18-12-24(7-8-26-18)20(25)16-10-15-5-3-4-6-17(15)21-11-16/h3-6,9-11,18H,7-8,12H2,1-2H3. The molecule has 0 N–H and O–H groups in total. The molecule has 1 saturated heterocycles. The predicted octanol–water partition coefficient (Wildman–Crippen LogP) is 2.86. The molecule has 1 aromatic carbocycles. The number of nitrogens with zero attached hydrogens (tertiary/aromatic N) is 4. The monoisotopic (exact) mass is 348 g/mol. The van der Waals surface area contributed by atoms with Crippen molar-refractivity contribution >= 4 is 16.8 Å². The number of aryl methyl sites for hydroxylation is 2. The summed E-state index contributed by atoms with van der Waals surface area (Å²) < 4.78 is 5.83. The number of fused-ring (bicyclic) bond motifs is 1. The molecule has 26 heavy (non-hydrogen) atoms. The van der Waals surface area contributed by atoms with E-state index >= 15 is 0 Å². The normalized spacial score (nSPS) is 17.5. The van der Waals surface area contributed by atoms with Gasteiger partial charge in [0.15, 0.2) is 5.82 Å². The molecule has 1 aliphatic heterocycles. The number of amides is 1. The van der Waals surface area contributed by atoms with E-state index in [-0.39, 0.29) is 12.0 Å². The van der Waals surface area contributed by atoms with Crippen molar-refractivity contribution in [2.24, 2.45) is 0 Å². The number of carbonyl (C=O) groups excluding carboxylic acids is 1. The molecule has 0 bridgehead atoms. The molecule has 0 radical (unpaired) electrons. The number of hydrogen-bond donors (Lipinski definition) is 0. The molecule has 0 aliphatic carbocycles. The average Bonchev–Trinajstić information content (AvgIpc) is 2.66. The van der Waals surface area contributed by atoms with Gasteiger partial charge in [0.2, 0.25) is 0 Å². The Balaban J connectivity index is 1.57. The van der Waals surface area contributed by atoms with Gasteiger partial charge in [-0.25, -0.2) is 9.97 Å². The molecule has 3 aromatic rings. The minimum atomic E-state index is -0.306. The largest absolute Gasteiger partial charge is 0.367 e. The van der Waals surface area contributed by atoms with Crippen molar-refractivity contribution in [3.63, 3.8) is 0 Å². The zero-order chi connectivity index (χ0) is 18.1. The van der Waals surface area contributed by atoms with Gasteiger partial charge in [-0.05, 0) is 32.0 Å². The summed E-state index contributed by atoms with van der Waals surface area (Å²) >= 11 is 0. The van der Waals surface area contributed by atoms with Gasteiger partial charge < -0.3 is 9.64 Å². The molecular weight excluding hydrogens is 328 g/mol. The first-order valence-corrected chi connectivity index (χ1v) is 8.68. The quantitative estimate of drug-likeness (QED) is 0.712. The summed E-state index contributed by atoms with van der Waals surface area (Å²) in [4.78, 5) is 28.1. The summed E-state index contributed by atoms with van der Waals surface area (Å²) in [6.07, 6.45) is 1.34. The third kappa shape index (κ3) is 3.28. The summed E-state index contributed by atoms with van der Waals surface area (Å²) in [5, 5.41) is 0.959. The van der Waals surface area contributed by atoms with E-state index in [1.807, 2.05) is 50.2 Å². The first-order valence-electron chi connectivity index (χ1n) is 8.68. The SMILES string of the molecule is Cc1cc(C)nc(C2CN(C(=O)c3cnc4ccccc4c3)CCO2)n1. The lowest BCUT2D eigenvalue weighted by atomic mass is 10.1. The van der Waals surface area contributed by atoms with Crippen LogP contribution in [-0.2, 0) is 4.74 Å². The Morgan fingerprint density at radius 3 is 2.73 bits per heavy atom. The fourth-order valence-electron chi connectivity index (χ4n) is 3.26. The summed E-state index contributed by atoms with van der Waals surface area (Å²) in [5.74, 6) is 0.595. The molecule has 0 spiro atoms. The van der Waals surface area contributed by atoms with Crippen LogP contribution in [0.1, 0.15) is 33.7 Å². The number of rotatable bonds is 2. The number of hydrogen-bond acceptors (Lipinski definition) is 5. The second-order valence-electron chi connectivity index (χ2n) is 6.54. The lowest BCUT2D eigenvalue weighted by Crippen LogP contribution is -2.42. The molecule has 6 nitrogen and oxygen atoms in total. The number of pyridine rings is 1.